The lowest BCUT2D eigenvalue weighted by Gasteiger charge is -2.26. The van der Waals surface area contributed by atoms with Crippen molar-refractivity contribution >= 4 is 23.0 Å². The molecule has 146 valence electrons. The molecule has 2 nitrogen and oxygen atoms in total. The molecule has 3 rings (SSSR count). The number of alkyl halides is 1. The molecule has 3 aromatic carbocycles. The molecule has 0 N–H and O–H groups in total. The van der Waals surface area contributed by atoms with Gasteiger partial charge in [-0.3, -0.25) is 0 Å². The largest absolute Gasteiger partial charge is 0.478 e. The summed E-state index contributed by atoms with van der Waals surface area (Å²) in [6.45, 7) is 5.83. The molecular formula is C26H24ClNO. The molecule has 0 radical (unpaired) electrons. The number of allylic oxidation sites excluding steroid dienone is 4. The Bertz CT molecular complexity index is 973. The lowest BCUT2D eigenvalue weighted by atomic mass is 10.0. The summed E-state index contributed by atoms with van der Waals surface area (Å²) in [6.07, 6.45) is 7.89. The Morgan fingerprint density at radius 2 is 1.48 bits per heavy atom. The van der Waals surface area contributed by atoms with E-state index in [1.54, 1.807) is 6.08 Å². The normalized spacial score (nSPS) is 11.4. The third-order valence-electron chi connectivity index (χ3n) is 4.51. The van der Waals surface area contributed by atoms with E-state index in [1.807, 2.05) is 55.5 Å². The number of halogens is 1. The zero-order valence-corrected chi connectivity index (χ0v) is 17.2. The Balaban J connectivity index is 1.94. The van der Waals surface area contributed by atoms with E-state index < -0.39 is 0 Å². The molecule has 0 spiro atoms. The number of rotatable bonds is 8. The van der Waals surface area contributed by atoms with Gasteiger partial charge in [-0.05, 0) is 60.5 Å². The van der Waals surface area contributed by atoms with E-state index >= 15 is 0 Å². The molecule has 29 heavy (non-hydrogen) atoms. The highest BCUT2D eigenvalue weighted by molar-refractivity contribution is 6.17. The summed E-state index contributed by atoms with van der Waals surface area (Å²) < 4.78 is 5.31. The maximum absolute atomic E-state index is 5.62. The summed E-state index contributed by atoms with van der Waals surface area (Å²) in [5.74, 6) is 0.766. The molecule has 0 heterocycles. The smallest absolute Gasteiger partial charge is 0.162 e. The van der Waals surface area contributed by atoms with Gasteiger partial charge in [-0.15, -0.1) is 0 Å². The Kier molecular flexibility index (Phi) is 7.32. The van der Waals surface area contributed by atoms with Gasteiger partial charge in [-0.1, -0.05) is 78.9 Å². The second kappa shape index (κ2) is 10.4. The van der Waals surface area contributed by atoms with Crippen LogP contribution < -0.4 is 9.64 Å². The lowest BCUT2D eigenvalue weighted by Crippen LogP contribution is -2.14. The van der Waals surface area contributed by atoms with Gasteiger partial charge in [0.25, 0.3) is 0 Å². The number of anilines is 2. The van der Waals surface area contributed by atoms with Crippen molar-refractivity contribution in [1.82, 2.24) is 0 Å². The highest BCUT2D eigenvalue weighted by atomic mass is 35.5. The monoisotopic (exact) mass is 401 g/mol. The molecule has 3 heteroatoms. The van der Waals surface area contributed by atoms with Crippen LogP contribution in [0.1, 0.15) is 6.92 Å². The van der Waals surface area contributed by atoms with Crippen LogP contribution in [-0.2, 0) is 0 Å². The Labute approximate surface area is 178 Å². The predicted molar refractivity (Wildman–Crippen MR) is 125 cm³/mol. The molecule has 0 aromatic heterocycles. The van der Waals surface area contributed by atoms with E-state index in [4.69, 9.17) is 16.3 Å². The molecule has 0 aliphatic carbocycles. The molecule has 0 amide bonds. The number of nitrogens with zero attached hydrogens (tertiary/aromatic N) is 1. The minimum Gasteiger partial charge on any atom is -0.478 e. The second-order valence-electron chi connectivity index (χ2n) is 6.30. The summed E-state index contributed by atoms with van der Waals surface area (Å²) in [5.41, 5.74) is 5.53. The van der Waals surface area contributed by atoms with Crippen LogP contribution >= 0.6 is 11.6 Å². The molecular weight excluding hydrogens is 378 g/mol. The Morgan fingerprint density at radius 3 is 2.03 bits per heavy atom. The van der Waals surface area contributed by atoms with Crippen molar-refractivity contribution < 1.29 is 4.74 Å². The first kappa shape index (κ1) is 20.5. The average Bonchev–Trinajstić information content (AvgIpc) is 2.78. The van der Waals surface area contributed by atoms with Gasteiger partial charge in [0.05, 0.1) is 0 Å². The first-order chi connectivity index (χ1) is 14.3. The zero-order valence-electron chi connectivity index (χ0n) is 16.5. The fourth-order valence-electron chi connectivity index (χ4n) is 3.10. The average molecular weight is 402 g/mol. The number of benzene rings is 3. The van der Waals surface area contributed by atoms with Gasteiger partial charge in [0.2, 0.25) is 0 Å². The lowest BCUT2D eigenvalue weighted by molar-refractivity contribution is 0.388. The number of hydrogen-bond donors (Lipinski definition) is 0. The van der Waals surface area contributed by atoms with Crippen molar-refractivity contribution in [2.75, 3.05) is 11.0 Å². The topological polar surface area (TPSA) is 12.5 Å². The molecule has 0 unspecified atom stereocenters. The maximum Gasteiger partial charge on any atom is 0.162 e. The van der Waals surface area contributed by atoms with E-state index in [1.165, 1.54) is 0 Å². The van der Waals surface area contributed by atoms with Gasteiger partial charge in [-0.25, -0.2) is 0 Å². The highest BCUT2D eigenvalue weighted by Gasteiger charge is 2.12. The molecule has 0 saturated heterocycles. The molecule has 0 atom stereocenters. The van der Waals surface area contributed by atoms with Gasteiger partial charge >= 0.3 is 0 Å². The fourth-order valence-corrected chi connectivity index (χ4v) is 3.23. The van der Waals surface area contributed by atoms with Gasteiger partial charge < -0.3 is 9.64 Å². The predicted octanol–water partition coefficient (Wildman–Crippen LogP) is 7.71. The third-order valence-corrected chi connectivity index (χ3v) is 4.61. The molecule has 0 aliphatic heterocycles. The van der Waals surface area contributed by atoms with Gasteiger partial charge in [0.1, 0.15) is 5.75 Å². The quantitative estimate of drug-likeness (QED) is 0.283. The number of para-hydroxylation sites is 1. The van der Waals surface area contributed by atoms with Crippen molar-refractivity contribution in [3.05, 3.63) is 115 Å². The van der Waals surface area contributed by atoms with Crippen LogP contribution in [0.15, 0.2) is 115 Å². The van der Waals surface area contributed by atoms with Crippen LogP contribution in [0.25, 0.3) is 11.1 Å². The number of hydrogen-bond acceptors (Lipinski definition) is 2. The molecule has 0 fully saturated rings. The van der Waals surface area contributed by atoms with E-state index in [0.29, 0.717) is 0 Å². The Morgan fingerprint density at radius 1 is 0.897 bits per heavy atom. The number of ether oxygens (including phenoxy) is 1. The van der Waals surface area contributed by atoms with Gasteiger partial charge in [0.15, 0.2) is 6.07 Å². The minimum atomic E-state index is 0.150. The summed E-state index contributed by atoms with van der Waals surface area (Å²) in [6, 6.07) is 27.0. The zero-order chi connectivity index (χ0) is 20.5. The molecule has 0 aliphatic rings. The van der Waals surface area contributed by atoms with Crippen molar-refractivity contribution in [3.8, 4) is 16.9 Å². The van der Waals surface area contributed by atoms with Crippen LogP contribution in [-0.4, -0.2) is 6.07 Å². The van der Waals surface area contributed by atoms with E-state index in [0.717, 1.165) is 33.9 Å². The van der Waals surface area contributed by atoms with Crippen LogP contribution in [0.3, 0.4) is 0 Å². The van der Waals surface area contributed by atoms with Crippen molar-refractivity contribution in [3.63, 3.8) is 0 Å². The van der Waals surface area contributed by atoms with Crippen LogP contribution in [0.4, 0.5) is 11.4 Å². The molecule has 0 saturated carbocycles. The fraction of sp³-hybridized carbons (Fsp3) is 0.0769. The highest BCUT2D eigenvalue weighted by Crippen LogP contribution is 2.32. The minimum absolute atomic E-state index is 0.150. The van der Waals surface area contributed by atoms with Crippen LogP contribution in [0, 0.1) is 0 Å². The second-order valence-corrected chi connectivity index (χ2v) is 6.52. The van der Waals surface area contributed by atoms with E-state index in [2.05, 4.69) is 60.0 Å². The van der Waals surface area contributed by atoms with Crippen LogP contribution in [0.2, 0.25) is 0 Å². The van der Waals surface area contributed by atoms with E-state index in [-0.39, 0.29) is 6.07 Å². The first-order valence-corrected chi connectivity index (χ1v) is 10.00. The third kappa shape index (κ3) is 5.18. The summed E-state index contributed by atoms with van der Waals surface area (Å²) in [7, 11) is 0. The first-order valence-electron chi connectivity index (χ1n) is 9.46. The van der Waals surface area contributed by atoms with Crippen LogP contribution in [0.5, 0.6) is 5.75 Å². The van der Waals surface area contributed by atoms with Gasteiger partial charge in [0, 0.05) is 17.1 Å². The summed E-state index contributed by atoms with van der Waals surface area (Å²) in [5, 5.41) is 0. The molecule has 3 aromatic rings. The summed E-state index contributed by atoms with van der Waals surface area (Å²) >= 11 is 5.62. The molecule has 0 bridgehead atoms. The Hall–Kier alpha value is -3.23. The van der Waals surface area contributed by atoms with Gasteiger partial charge in [-0.2, -0.15) is 0 Å². The summed E-state index contributed by atoms with van der Waals surface area (Å²) in [4.78, 5) is 2.22. The van der Waals surface area contributed by atoms with Crippen molar-refractivity contribution in [2.24, 2.45) is 0 Å². The van der Waals surface area contributed by atoms with Crippen molar-refractivity contribution in [2.45, 2.75) is 6.92 Å². The van der Waals surface area contributed by atoms with E-state index in [9.17, 15) is 0 Å². The standard InChI is InChI=1S/C26H24ClNO/c1-3-5-9-23(4-2)28(24-10-7-6-8-11-24)25-16-12-21(13-17-25)22-14-18-26(19-15-22)29-20-27/h3-19H,1,20H2,2H3/b9-5-,23-4+. The SMILES string of the molecule is C=C/C=C\C(=C/C)N(c1ccccc1)c1ccc(-c2ccc(OCCl)cc2)cc1. The van der Waals surface area contributed by atoms with Crippen molar-refractivity contribution in [1.29, 1.82) is 0 Å². The maximum atomic E-state index is 5.62.